The summed E-state index contributed by atoms with van der Waals surface area (Å²) in [5.41, 5.74) is -2.35. The second-order valence-corrected chi connectivity index (χ2v) is 9.75. The zero-order valence-corrected chi connectivity index (χ0v) is 18.1. The average Bonchev–Trinajstić information content (AvgIpc) is 2.99. The van der Waals surface area contributed by atoms with Gasteiger partial charge in [0.25, 0.3) is 0 Å². The molecule has 3 rings (SSSR count). The van der Waals surface area contributed by atoms with E-state index in [1.54, 1.807) is 6.08 Å². The Balaban J connectivity index is 1.55. The minimum Gasteiger partial charge on any atom is -0.491 e. The number of halogens is 1. The molecule has 1 saturated heterocycles. The minimum atomic E-state index is -1.43. The molecule has 3 aliphatic rings. The first-order chi connectivity index (χ1) is 13.6. The Morgan fingerprint density at radius 3 is 2.62 bits per heavy atom. The van der Waals surface area contributed by atoms with E-state index in [1.807, 2.05) is 23.1 Å². The number of alkyl halides is 1. The number of hydrogen-bond acceptors (Lipinski definition) is 3. The molecule has 1 amide bonds. The maximum atomic E-state index is 14.2. The van der Waals surface area contributed by atoms with Crippen molar-refractivity contribution in [3.63, 3.8) is 0 Å². The number of allylic oxidation sites excluding steroid dienone is 2. The number of carbonyl (C=O) groups excluding carboxylic acids is 1. The van der Waals surface area contributed by atoms with Crippen LogP contribution in [0.4, 0.5) is 4.39 Å². The lowest BCUT2D eigenvalue weighted by molar-refractivity contribution is -0.143. The van der Waals surface area contributed by atoms with Gasteiger partial charge in [-0.1, -0.05) is 26.0 Å². The maximum absolute atomic E-state index is 14.2. The molecule has 2 atom stereocenters. The van der Waals surface area contributed by atoms with Crippen LogP contribution >= 0.6 is 0 Å². The zero-order chi connectivity index (χ0) is 21.3. The zero-order valence-electron chi connectivity index (χ0n) is 18.1. The molecule has 162 valence electrons. The topological polar surface area (TPSA) is 49.8 Å². The Morgan fingerprint density at radius 2 is 2.07 bits per heavy atom. The van der Waals surface area contributed by atoms with E-state index in [-0.39, 0.29) is 36.3 Å². The number of likely N-dealkylation sites (tertiary alicyclic amines) is 1. The Morgan fingerprint density at radius 1 is 1.38 bits per heavy atom. The van der Waals surface area contributed by atoms with Crippen LogP contribution in [0.3, 0.4) is 0 Å². The second-order valence-electron chi connectivity index (χ2n) is 9.75. The third-order valence-electron chi connectivity index (χ3n) is 7.25. The molecule has 0 aromatic carbocycles. The Kier molecular flexibility index (Phi) is 6.28. The van der Waals surface area contributed by atoms with Crippen LogP contribution in [0.25, 0.3) is 0 Å². The van der Waals surface area contributed by atoms with Crippen molar-refractivity contribution in [1.29, 1.82) is 0 Å². The van der Waals surface area contributed by atoms with Crippen molar-refractivity contribution in [2.24, 2.45) is 11.3 Å². The van der Waals surface area contributed by atoms with Crippen LogP contribution in [0.15, 0.2) is 36.6 Å². The van der Waals surface area contributed by atoms with Crippen LogP contribution in [-0.4, -0.2) is 46.4 Å². The molecule has 1 saturated carbocycles. The minimum absolute atomic E-state index is 0.00955. The molecule has 4 nitrogen and oxygen atoms in total. The summed E-state index contributed by atoms with van der Waals surface area (Å²) in [6.07, 6.45) is 12.1. The van der Waals surface area contributed by atoms with Crippen molar-refractivity contribution >= 4 is 5.91 Å². The van der Waals surface area contributed by atoms with E-state index in [1.165, 1.54) is 6.92 Å². The maximum Gasteiger partial charge on any atom is 0.229 e. The summed E-state index contributed by atoms with van der Waals surface area (Å²) < 4.78 is 19.8. The first kappa shape index (κ1) is 22.1. The standard InChI is InChI=1S/C24H36FNO3/c1-5-10-22(4,25)17-29-20-8-6-19(7-9-20)26-16-15-23(21(26)27)11-13-24(28,14-12-23)18(2)3/h5-6,8-9,18-19,28H,1,7,10-17H2,2-4H3. The Bertz CT molecular complexity index is 686. The first-order valence-electron chi connectivity index (χ1n) is 11.0. The molecular weight excluding hydrogens is 369 g/mol. The summed E-state index contributed by atoms with van der Waals surface area (Å²) in [5.74, 6) is 1.11. The van der Waals surface area contributed by atoms with Crippen molar-refractivity contribution in [3.05, 3.63) is 36.6 Å². The van der Waals surface area contributed by atoms with Crippen molar-refractivity contribution in [2.75, 3.05) is 13.2 Å². The van der Waals surface area contributed by atoms with Gasteiger partial charge in [-0.3, -0.25) is 4.79 Å². The first-order valence-corrected chi connectivity index (χ1v) is 11.0. The van der Waals surface area contributed by atoms with E-state index in [9.17, 15) is 14.3 Å². The van der Waals surface area contributed by atoms with Crippen LogP contribution in [0.5, 0.6) is 0 Å². The van der Waals surface area contributed by atoms with E-state index >= 15 is 0 Å². The van der Waals surface area contributed by atoms with Crippen LogP contribution in [0, 0.1) is 11.3 Å². The summed E-state index contributed by atoms with van der Waals surface area (Å²) in [7, 11) is 0. The van der Waals surface area contributed by atoms with Gasteiger partial charge in [-0.15, -0.1) is 6.58 Å². The van der Waals surface area contributed by atoms with Crippen molar-refractivity contribution in [2.45, 2.75) is 83.0 Å². The highest BCUT2D eigenvalue weighted by Crippen LogP contribution is 2.50. The third kappa shape index (κ3) is 4.60. The van der Waals surface area contributed by atoms with Gasteiger partial charge in [0.2, 0.25) is 5.91 Å². The monoisotopic (exact) mass is 405 g/mol. The third-order valence-corrected chi connectivity index (χ3v) is 7.25. The van der Waals surface area contributed by atoms with Crippen molar-refractivity contribution in [3.8, 4) is 0 Å². The van der Waals surface area contributed by atoms with Crippen LogP contribution in [0.1, 0.15) is 65.7 Å². The second kappa shape index (κ2) is 8.25. The summed E-state index contributed by atoms with van der Waals surface area (Å²) in [5, 5.41) is 10.8. The van der Waals surface area contributed by atoms with Gasteiger partial charge >= 0.3 is 0 Å². The number of nitrogens with zero attached hydrogens (tertiary/aromatic N) is 1. The largest absolute Gasteiger partial charge is 0.491 e. The molecule has 2 unspecified atom stereocenters. The molecule has 2 fully saturated rings. The van der Waals surface area contributed by atoms with Gasteiger partial charge in [-0.25, -0.2) is 4.39 Å². The van der Waals surface area contributed by atoms with Crippen LogP contribution in [0.2, 0.25) is 0 Å². The molecule has 1 aliphatic heterocycles. The normalized spacial score (nSPS) is 34.4. The highest BCUT2D eigenvalue weighted by Gasteiger charge is 2.52. The molecule has 0 aromatic heterocycles. The summed E-state index contributed by atoms with van der Waals surface area (Å²) >= 11 is 0. The highest BCUT2D eigenvalue weighted by atomic mass is 19.1. The average molecular weight is 406 g/mol. The Labute approximate surface area is 174 Å². The lowest BCUT2D eigenvalue weighted by atomic mass is 9.65. The van der Waals surface area contributed by atoms with E-state index < -0.39 is 11.3 Å². The van der Waals surface area contributed by atoms with Gasteiger partial charge in [0.15, 0.2) is 0 Å². The van der Waals surface area contributed by atoms with Gasteiger partial charge < -0.3 is 14.7 Å². The summed E-state index contributed by atoms with van der Waals surface area (Å²) in [4.78, 5) is 15.3. The molecule has 1 N–H and O–H groups in total. The predicted octanol–water partition coefficient (Wildman–Crippen LogP) is 4.70. The van der Waals surface area contributed by atoms with E-state index in [0.29, 0.717) is 25.0 Å². The quantitative estimate of drug-likeness (QED) is 0.625. The van der Waals surface area contributed by atoms with E-state index in [4.69, 9.17) is 4.74 Å². The van der Waals surface area contributed by atoms with E-state index in [2.05, 4.69) is 20.4 Å². The lowest BCUT2D eigenvalue weighted by Gasteiger charge is -2.43. The molecule has 2 aliphatic carbocycles. The number of hydrogen-bond donors (Lipinski definition) is 1. The van der Waals surface area contributed by atoms with E-state index in [0.717, 1.165) is 25.8 Å². The number of carbonyl (C=O) groups is 1. The predicted molar refractivity (Wildman–Crippen MR) is 113 cm³/mol. The molecule has 0 radical (unpaired) electrons. The molecule has 1 heterocycles. The van der Waals surface area contributed by atoms with Gasteiger partial charge in [-0.2, -0.15) is 0 Å². The number of amides is 1. The van der Waals surface area contributed by atoms with Crippen molar-refractivity contribution in [1.82, 2.24) is 4.90 Å². The molecular formula is C24H36FNO3. The van der Waals surface area contributed by atoms with Gasteiger partial charge in [0.05, 0.1) is 17.1 Å². The lowest BCUT2D eigenvalue weighted by Crippen LogP contribution is -2.47. The molecule has 29 heavy (non-hydrogen) atoms. The van der Waals surface area contributed by atoms with Gasteiger partial charge in [-0.05, 0) is 63.5 Å². The fourth-order valence-corrected chi connectivity index (χ4v) is 4.89. The van der Waals surface area contributed by atoms with Crippen molar-refractivity contribution < 1.29 is 19.0 Å². The number of rotatable bonds is 7. The highest BCUT2D eigenvalue weighted by molar-refractivity contribution is 5.85. The number of ether oxygens (including phenoxy) is 1. The fourth-order valence-electron chi connectivity index (χ4n) is 4.89. The van der Waals surface area contributed by atoms with Crippen LogP contribution in [-0.2, 0) is 9.53 Å². The summed E-state index contributed by atoms with van der Waals surface area (Å²) in [6, 6.07) is 0.0325. The smallest absolute Gasteiger partial charge is 0.229 e. The molecule has 0 bridgehead atoms. The SMILES string of the molecule is C=CCC(C)(F)COC1=CCC(N2CCC3(CCC(O)(C(C)C)CC3)C2=O)C=C1. The fraction of sp³-hybridized carbons (Fsp3) is 0.708. The molecule has 5 heteroatoms. The van der Waals surface area contributed by atoms with Gasteiger partial charge in [0, 0.05) is 13.0 Å². The Hall–Kier alpha value is -1.62. The molecule has 0 aromatic rings. The van der Waals surface area contributed by atoms with Gasteiger partial charge in [0.1, 0.15) is 18.0 Å². The summed E-state index contributed by atoms with van der Waals surface area (Å²) in [6.45, 7) is 9.96. The van der Waals surface area contributed by atoms with Crippen LogP contribution < -0.4 is 0 Å². The number of aliphatic hydroxyl groups is 1. The molecule has 1 spiro atoms.